The topological polar surface area (TPSA) is 91.9 Å². The van der Waals surface area contributed by atoms with Gasteiger partial charge in [0.05, 0.1) is 11.9 Å². The smallest absolute Gasteiger partial charge is 0.234 e. The molecule has 1 aromatic heterocycles. The average Bonchev–Trinajstić information content (AvgIpc) is 2.70. The number of alkyl halides is 1. The second kappa shape index (κ2) is 5.13. The largest absolute Gasteiger partial charge is 0.354 e. The summed E-state index contributed by atoms with van der Waals surface area (Å²) in [5.74, 6) is -0.736. The number of rotatable bonds is 5. The van der Waals surface area contributed by atoms with E-state index >= 15 is 0 Å². The monoisotopic (exact) mass is 251 g/mol. The molecule has 0 spiro atoms. The predicted molar refractivity (Wildman–Crippen MR) is 54.4 cm³/mol. The second-order valence-electron chi connectivity index (χ2n) is 2.74. The first-order valence-corrected chi connectivity index (χ1v) is 6.29. The van der Waals surface area contributed by atoms with E-state index in [4.69, 9.17) is 11.6 Å². The normalized spacial score (nSPS) is 11.3. The van der Waals surface area contributed by atoms with Gasteiger partial charge in [0.25, 0.3) is 0 Å². The quantitative estimate of drug-likeness (QED) is 0.693. The minimum absolute atomic E-state index is 0.0407. The molecule has 1 heterocycles. The lowest BCUT2D eigenvalue weighted by Crippen LogP contribution is -2.29. The summed E-state index contributed by atoms with van der Waals surface area (Å²) in [6, 6.07) is 0. The second-order valence-corrected chi connectivity index (χ2v) is 5.11. The zero-order valence-electron chi connectivity index (χ0n) is 7.73. The standard InChI is InChI=1S/C7H10ClN3O3S/c8-3-7(12)9-1-2-15(13,14)6-4-10-11-5-6/h4-5H,1-3H2,(H,9,12)(H,10,11). The van der Waals surface area contributed by atoms with Crippen LogP contribution in [-0.2, 0) is 14.6 Å². The third-order valence-electron chi connectivity index (χ3n) is 1.65. The highest BCUT2D eigenvalue weighted by Gasteiger charge is 2.15. The molecule has 0 unspecified atom stereocenters. The lowest BCUT2D eigenvalue weighted by atomic mass is 10.6. The van der Waals surface area contributed by atoms with E-state index in [0.29, 0.717) is 0 Å². The van der Waals surface area contributed by atoms with E-state index in [1.807, 2.05) is 0 Å². The highest BCUT2D eigenvalue weighted by atomic mass is 35.5. The van der Waals surface area contributed by atoms with Gasteiger partial charge >= 0.3 is 0 Å². The number of nitrogens with one attached hydrogen (secondary N) is 2. The lowest BCUT2D eigenvalue weighted by molar-refractivity contribution is -0.118. The number of nitrogens with zero attached hydrogens (tertiary/aromatic N) is 1. The number of halogens is 1. The summed E-state index contributed by atoms with van der Waals surface area (Å²) in [5, 5.41) is 8.31. The van der Waals surface area contributed by atoms with E-state index in [9.17, 15) is 13.2 Å². The summed E-state index contributed by atoms with van der Waals surface area (Å²) < 4.78 is 23.0. The van der Waals surface area contributed by atoms with Crippen LogP contribution in [-0.4, -0.2) is 42.7 Å². The Labute approximate surface area is 91.9 Å². The summed E-state index contributed by atoms with van der Waals surface area (Å²) in [7, 11) is -3.37. The summed E-state index contributed by atoms with van der Waals surface area (Å²) in [4.78, 5) is 10.8. The van der Waals surface area contributed by atoms with Crippen molar-refractivity contribution < 1.29 is 13.2 Å². The first kappa shape index (κ1) is 12.0. The van der Waals surface area contributed by atoms with Crippen molar-refractivity contribution in [2.75, 3.05) is 18.2 Å². The molecule has 0 aliphatic heterocycles. The molecule has 1 aromatic rings. The van der Waals surface area contributed by atoms with Gasteiger partial charge in [0, 0.05) is 12.7 Å². The van der Waals surface area contributed by atoms with Crippen LogP contribution in [0.1, 0.15) is 0 Å². The predicted octanol–water partition coefficient (Wildman–Crippen LogP) is -0.462. The highest BCUT2D eigenvalue weighted by Crippen LogP contribution is 2.06. The molecule has 0 aromatic carbocycles. The summed E-state index contributed by atoms with van der Waals surface area (Å²) >= 11 is 5.23. The van der Waals surface area contributed by atoms with Crippen LogP contribution in [0.3, 0.4) is 0 Å². The molecule has 84 valence electrons. The summed E-state index contributed by atoms with van der Waals surface area (Å²) in [6.45, 7) is 0.0407. The van der Waals surface area contributed by atoms with Crippen LogP contribution in [0.4, 0.5) is 0 Å². The van der Waals surface area contributed by atoms with Gasteiger partial charge in [-0.3, -0.25) is 9.89 Å². The van der Waals surface area contributed by atoms with Crippen molar-refractivity contribution in [3.8, 4) is 0 Å². The molecule has 0 saturated heterocycles. The molecule has 8 heteroatoms. The average molecular weight is 252 g/mol. The number of hydrogen-bond acceptors (Lipinski definition) is 4. The van der Waals surface area contributed by atoms with Gasteiger partial charge in [-0.25, -0.2) is 8.42 Å². The number of carbonyl (C=O) groups excluding carboxylic acids is 1. The molecule has 0 saturated carbocycles. The Morgan fingerprint density at radius 1 is 1.60 bits per heavy atom. The van der Waals surface area contributed by atoms with Crippen molar-refractivity contribution in [2.45, 2.75) is 4.90 Å². The molecule has 1 rings (SSSR count). The maximum Gasteiger partial charge on any atom is 0.234 e. The summed E-state index contributed by atoms with van der Waals surface area (Å²) in [5.41, 5.74) is 0. The number of hydrogen-bond donors (Lipinski definition) is 2. The highest BCUT2D eigenvalue weighted by molar-refractivity contribution is 7.91. The first-order valence-electron chi connectivity index (χ1n) is 4.10. The SMILES string of the molecule is O=C(CCl)NCCS(=O)(=O)c1cn[nH]c1. The van der Waals surface area contributed by atoms with Crippen molar-refractivity contribution in [2.24, 2.45) is 0 Å². The van der Waals surface area contributed by atoms with Crippen molar-refractivity contribution >= 4 is 27.3 Å². The molecular weight excluding hydrogens is 242 g/mol. The van der Waals surface area contributed by atoms with E-state index in [1.54, 1.807) is 0 Å². The Kier molecular flexibility index (Phi) is 4.10. The Morgan fingerprint density at radius 3 is 2.87 bits per heavy atom. The number of carbonyl (C=O) groups is 1. The van der Waals surface area contributed by atoms with Crippen LogP contribution >= 0.6 is 11.6 Å². The Hall–Kier alpha value is -1.08. The van der Waals surface area contributed by atoms with Gasteiger partial charge in [-0.15, -0.1) is 11.6 Å². The molecular formula is C7H10ClN3O3S. The molecule has 6 nitrogen and oxygen atoms in total. The maximum atomic E-state index is 11.5. The van der Waals surface area contributed by atoms with Gasteiger partial charge < -0.3 is 5.32 Å². The summed E-state index contributed by atoms with van der Waals surface area (Å²) in [6.07, 6.45) is 2.51. The van der Waals surface area contributed by atoms with Crippen LogP contribution in [0.15, 0.2) is 17.3 Å². The lowest BCUT2D eigenvalue weighted by Gasteiger charge is -2.02. The van der Waals surface area contributed by atoms with Gasteiger partial charge in [-0.1, -0.05) is 0 Å². The van der Waals surface area contributed by atoms with E-state index in [1.165, 1.54) is 12.4 Å². The number of amides is 1. The Balaban J connectivity index is 2.49. The van der Waals surface area contributed by atoms with Crippen LogP contribution in [0.5, 0.6) is 0 Å². The van der Waals surface area contributed by atoms with Gasteiger partial charge in [0.15, 0.2) is 9.84 Å². The van der Waals surface area contributed by atoms with Gasteiger partial charge in [-0.2, -0.15) is 5.10 Å². The third-order valence-corrected chi connectivity index (χ3v) is 3.57. The van der Waals surface area contributed by atoms with Crippen LogP contribution in [0.25, 0.3) is 0 Å². The number of H-pyrrole nitrogens is 1. The maximum absolute atomic E-state index is 11.5. The van der Waals surface area contributed by atoms with Crippen molar-refractivity contribution in [3.05, 3.63) is 12.4 Å². The van der Waals surface area contributed by atoms with Crippen molar-refractivity contribution in [1.29, 1.82) is 0 Å². The molecule has 0 radical (unpaired) electrons. The Bertz CT molecular complexity index is 415. The fourth-order valence-electron chi connectivity index (χ4n) is 0.899. The fraction of sp³-hybridized carbons (Fsp3) is 0.429. The van der Waals surface area contributed by atoms with Crippen LogP contribution < -0.4 is 5.32 Å². The van der Waals surface area contributed by atoms with Crippen molar-refractivity contribution in [3.63, 3.8) is 0 Å². The molecule has 1 amide bonds. The minimum atomic E-state index is -3.37. The molecule has 0 aliphatic rings. The third kappa shape index (κ3) is 3.52. The van der Waals surface area contributed by atoms with Crippen LogP contribution in [0, 0.1) is 0 Å². The number of aromatic amines is 1. The fourth-order valence-corrected chi connectivity index (χ4v) is 2.05. The zero-order chi connectivity index (χ0) is 11.3. The van der Waals surface area contributed by atoms with Gasteiger partial charge in [0.1, 0.15) is 10.8 Å². The van der Waals surface area contributed by atoms with E-state index < -0.39 is 9.84 Å². The molecule has 0 bridgehead atoms. The van der Waals surface area contributed by atoms with Crippen molar-refractivity contribution in [1.82, 2.24) is 15.5 Å². The number of sulfone groups is 1. The molecule has 2 N–H and O–H groups in total. The molecule has 0 atom stereocenters. The van der Waals surface area contributed by atoms with E-state index in [2.05, 4.69) is 15.5 Å². The van der Waals surface area contributed by atoms with E-state index in [-0.39, 0.29) is 29.0 Å². The number of aromatic nitrogens is 2. The molecule has 0 fully saturated rings. The molecule has 0 aliphatic carbocycles. The van der Waals surface area contributed by atoms with Crippen LogP contribution in [0.2, 0.25) is 0 Å². The van der Waals surface area contributed by atoms with Gasteiger partial charge in [-0.05, 0) is 0 Å². The zero-order valence-corrected chi connectivity index (χ0v) is 9.31. The first-order chi connectivity index (χ1) is 7.06. The van der Waals surface area contributed by atoms with E-state index in [0.717, 1.165) is 0 Å². The molecule has 15 heavy (non-hydrogen) atoms. The minimum Gasteiger partial charge on any atom is -0.354 e. The Morgan fingerprint density at radius 2 is 2.33 bits per heavy atom. The van der Waals surface area contributed by atoms with Gasteiger partial charge in [0.2, 0.25) is 5.91 Å².